The Kier molecular flexibility index (Phi) is 3.22. The summed E-state index contributed by atoms with van der Waals surface area (Å²) in [4.78, 5) is 30.1. The number of fused-ring (bicyclic) bond motifs is 1. The zero-order chi connectivity index (χ0) is 15.7. The molecule has 8 nitrogen and oxygen atoms in total. The van der Waals surface area contributed by atoms with Crippen LogP contribution in [0.4, 0.5) is 10.1 Å². The molecule has 0 spiro atoms. The lowest BCUT2D eigenvalue weighted by atomic mass is 10.2. The lowest BCUT2D eigenvalue weighted by Crippen LogP contribution is -2.20. The molecule has 0 saturated heterocycles. The van der Waals surface area contributed by atoms with E-state index in [-0.39, 0.29) is 11.5 Å². The molecular weight excluding hydrogens is 293 g/mol. The first-order chi connectivity index (χ1) is 10.6. The number of benzene rings is 1. The Balaban J connectivity index is 2.13. The Labute approximate surface area is 121 Å². The first kappa shape index (κ1) is 13.6. The largest absolute Gasteiger partial charge is 0.361 e. The molecular formula is C13H8FN5O3. The van der Waals surface area contributed by atoms with Gasteiger partial charge in [0, 0.05) is 0 Å². The van der Waals surface area contributed by atoms with Crippen LogP contribution in [0.5, 0.6) is 0 Å². The second kappa shape index (κ2) is 5.20. The predicted octanol–water partition coefficient (Wildman–Crippen LogP) is 1.64. The van der Waals surface area contributed by atoms with Gasteiger partial charge in [-0.2, -0.15) is 4.52 Å². The monoisotopic (exact) mass is 301 g/mol. The average Bonchev–Trinajstić information content (AvgIpc) is 2.95. The van der Waals surface area contributed by atoms with Crippen LogP contribution in [0.1, 0.15) is 11.3 Å². The summed E-state index contributed by atoms with van der Waals surface area (Å²) in [5, 5.41) is 13.5. The van der Waals surface area contributed by atoms with E-state index in [9.17, 15) is 19.3 Å². The topological polar surface area (TPSA) is 106 Å². The summed E-state index contributed by atoms with van der Waals surface area (Å²) in [7, 11) is 0. The van der Waals surface area contributed by atoms with Gasteiger partial charge in [-0.3, -0.25) is 20.0 Å². The Morgan fingerprint density at radius 3 is 2.68 bits per heavy atom. The molecule has 1 N–H and O–H groups in total. The van der Waals surface area contributed by atoms with Crippen LogP contribution in [0.25, 0.3) is 17.9 Å². The number of aromatic nitrogens is 4. The number of nitro groups is 1. The maximum absolute atomic E-state index is 12.8. The summed E-state index contributed by atoms with van der Waals surface area (Å²) < 4.78 is 13.7. The van der Waals surface area contributed by atoms with Crippen LogP contribution in [-0.2, 0) is 0 Å². The van der Waals surface area contributed by atoms with Gasteiger partial charge in [-0.15, -0.1) is 0 Å². The van der Waals surface area contributed by atoms with E-state index in [1.54, 1.807) is 0 Å². The molecule has 110 valence electrons. The fourth-order valence-electron chi connectivity index (χ4n) is 1.90. The molecule has 2 aromatic heterocycles. The Hall–Kier alpha value is -3.36. The molecule has 0 saturated carbocycles. The number of hydrogen-bond acceptors (Lipinski definition) is 5. The normalized spacial score (nSPS) is 11.3. The van der Waals surface area contributed by atoms with Crippen molar-refractivity contribution in [2.24, 2.45) is 0 Å². The molecule has 0 amide bonds. The zero-order valence-corrected chi connectivity index (χ0v) is 10.9. The van der Waals surface area contributed by atoms with Crippen molar-refractivity contribution < 1.29 is 9.31 Å². The van der Waals surface area contributed by atoms with Crippen molar-refractivity contribution >= 4 is 23.6 Å². The number of H-pyrrole nitrogens is 1. The molecule has 0 aliphatic carbocycles. The van der Waals surface area contributed by atoms with Gasteiger partial charge in [0.1, 0.15) is 12.1 Å². The van der Waals surface area contributed by atoms with Crippen molar-refractivity contribution in [2.75, 3.05) is 0 Å². The van der Waals surface area contributed by atoms with Gasteiger partial charge in [-0.1, -0.05) is 18.2 Å². The minimum absolute atomic E-state index is 0.0226. The molecule has 9 heteroatoms. The number of halogens is 1. The molecule has 2 heterocycles. The number of rotatable bonds is 3. The summed E-state index contributed by atoms with van der Waals surface area (Å²) in [6.07, 6.45) is 4.03. The molecule has 0 atom stereocenters. The van der Waals surface area contributed by atoms with E-state index in [1.165, 1.54) is 42.7 Å². The van der Waals surface area contributed by atoms with E-state index in [4.69, 9.17) is 0 Å². The van der Waals surface area contributed by atoms with E-state index in [1.807, 2.05) is 0 Å². The minimum Gasteiger partial charge on any atom is -0.277 e. The quantitative estimate of drug-likeness (QED) is 0.584. The SMILES string of the molecule is O=c1c([N+](=O)[O-])c(C=Cc2ccc(F)cc2)nc2nc[nH]n12. The number of aromatic amines is 1. The highest BCUT2D eigenvalue weighted by molar-refractivity contribution is 5.72. The van der Waals surface area contributed by atoms with Gasteiger partial charge in [0.25, 0.3) is 5.78 Å². The summed E-state index contributed by atoms with van der Waals surface area (Å²) in [6.45, 7) is 0. The van der Waals surface area contributed by atoms with Gasteiger partial charge in [-0.05, 0) is 23.8 Å². The fraction of sp³-hybridized carbons (Fsp3) is 0. The fourth-order valence-corrected chi connectivity index (χ4v) is 1.90. The Bertz CT molecular complexity index is 942. The van der Waals surface area contributed by atoms with Crippen LogP contribution in [0.3, 0.4) is 0 Å². The summed E-state index contributed by atoms with van der Waals surface area (Å²) in [5.74, 6) is -0.369. The molecule has 0 radical (unpaired) electrons. The molecule has 3 rings (SSSR count). The Morgan fingerprint density at radius 2 is 2.00 bits per heavy atom. The van der Waals surface area contributed by atoms with Crippen LogP contribution < -0.4 is 5.56 Å². The first-order valence-electron chi connectivity index (χ1n) is 6.10. The standard InChI is InChI=1S/C13H8FN5O3/c14-9-4-1-8(2-5-9)3-6-10-11(19(21)22)12(20)18-13(17-10)15-7-16-18/h1-7H,(H,15,16,17). The van der Waals surface area contributed by atoms with Crippen LogP contribution >= 0.6 is 0 Å². The molecule has 0 unspecified atom stereocenters. The van der Waals surface area contributed by atoms with E-state index < -0.39 is 22.0 Å². The van der Waals surface area contributed by atoms with Crippen LogP contribution in [0.15, 0.2) is 35.4 Å². The molecule has 0 aliphatic rings. The third-order valence-electron chi connectivity index (χ3n) is 2.92. The number of nitrogens with one attached hydrogen (secondary N) is 1. The van der Waals surface area contributed by atoms with Crippen LogP contribution in [-0.4, -0.2) is 24.5 Å². The highest BCUT2D eigenvalue weighted by Crippen LogP contribution is 2.15. The maximum atomic E-state index is 12.8. The van der Waals surface area contributed by atoms with E-state index >= 15 is 0 Å². The Morgan fingerprint density at radius 1 is 1.27 bits per heavy atom. The lowest BCUT2D eigenvalue weighted by Gasteiger charge is -1.98. The number of hydrogen-bond donors (Lipinski definition) is 1. The van der Waals surface area contributed by atoms with Crippen molar-refractivity contribution in [1.29, 1.82) is 0 Å². The molecule has 0 bridgehead atoms. The lowest BCUT2D eigenvalue weighted by molar-refractivity contribution is -0.386. The minimum atomic E-state index is -0.855. The first-order valence-corrected chi connectivity index (χ1v) is 6.10. The van der Waals surface area contributed by atoms with Gasteiger partial charge < -0.3 is 0 Å². The highest BCUT2D eigenvalue weighted by atomic mass is 19.1. The van der Waals surface area contributed by atoms with Gasteiger partial charge in [0.05, 0.1) is 4.92 Å². The third kappa shape index (κ3) is 2.35. The van der Waals surface area contributed by atoms with E-state index in [2.05, 4.69) is 15.1 Å². The van der Waals surface area contributed by atoms with Gasteiger partial charge in [0.2, 0.25) is 0 Å². The zero-order valence-electron chi connectivity index (χ0n) is 10.9. The van der Waals surface area contributed by atoms with Gasteiger partial charge in [0.15, 0.2) is 5.69 Å². The van der Waals surface area contributed by atoms with Crippen molar-refractivity contribution in [3.63, 3.8) is 0 Å². The molecule has 22 heavy (non-hydrogen) atoms. The third-order valence-corrected chi connectivity index (χ3v) is 2.92. The molecule has 1 aromatic carbocycles. The second-order valence-corrected chi connectivity index (χ2v) is 4.32. The predicted molar refractivity (Wildman–Crippen MR) is 75.6 cm³/mol. The highest BCUT2D eigenvalue weighted by Gasteiger charge is 2.22. The molecule has 0 aliphatic heterocycles. The van der Waals surface area contributed by atoms with Crippen molar-refractivity contribution in [3.05, 3.63) is 68.1 Å². The molecule has 3 aromatic rings. The smallest absolute Gasteiger partial charge is 0.277 e. The maximum Gasteiger partial charge on any atom is 0.361 e. The van der Waals surface area contributed by atoms with Gasteiger partial charge in [-0.25, -0.2) is 14.4 Å². The van der Waals surface area contributed by atoms with E-state index in [0.29, 0.717) is 5.56 Å². The average molecular weight is 301 g/mol. The summed E-state index contributed by atoms with van der Waals surface area (Å²) in [6, 6.07) is 5.51. The van der Waals surface area contributed by atoms with Crippen molar-refractivity contribution in [3.8, 4) is 0 Å². The summed E-state index contributed by atoms with van der Waals surface area (Å²) in [5.41, 5.74) is -1.03. The van der Waals surface area contributed by atoms with Crippen molar-refractivity contribution in [2.45, 2.75) is 0 Å². The van der Waals surface area contributed by atoms with Crippen molar-refractivity contribution in [1.82, 2.24) is 19.6 Å². The van der Waals surface area contributed by atoms with Crippen LogP contribution in [0, 0.1) is 15.9 Å². The van der Waals surface area contributed by atoms with Gasteiger partial charge >= 0.3 is 11.2 Å². The number of nitrogens with zero attached hydrogens (tertiary/aromatic N) is 4. The molecule has 0 fully saturated rings. The van der Waals surface area contributed by atoms with E-state index in [0.717, 1.165) is 4.52 Å². The second-order valence-electron chi connectivity index (χ2n) is 4.32. The van der Waals surface area contributed by atoms with Crippen LogP contribution in [0.2, 0.25) is 0 Å². The summed E-state index contributed by atoms with van der Waals surface area (Å²) >= 11 is 0.